The molecule has 0 aromatic rings. The molecule has 5 aliphatic carbocycles. The number of ether oxygens (including phenoxy) is 2. The molecule has 6 aliphatic rings. The number of amides is 1. The molecule has 0 radical (unpaired) electrons. The van der Waals surface area contributed by atoms with E-state index < -0.39 is 11.6 Å². The maximum absolute atomic E-state index is 12.7. The average molecular weight is 662 g/mol. The van der Waals surface area contributed by atoms with Crippen LogP contribution in [0.3, 0.4) is 0 Å². The molecule has 5 unspecified atom stereocenters. The van der Waals surface area contributed by atoms with Crippen molar-refractivity contribution in [3.05, 3.63) is 0 Å². The molecule has 6 rings (SSSR count). The zero-order valence-electron chi connectivity index (χ0n) is 29.8. The molecule has 6 fully saturated rings. The molecular formula is C37H59NO9. The van der Waals surface area contributed by atoms with Crippen molar-refractivity contribution >= 4 is 17.8 Å². The molecular weight excluding hydrogens is 602 g/mol. The number of carbonyl (C=O) groups excluding carboxylic acids is 3. The average Bonchev–Trinajstić information content (AvgIpc) is 3.38. The number of hydrogen-bond donors (Lipinski definition) is 1. The fourth-order valence-electron chi connectivity index (χ4n) is 11.6. The Bertz CT molecular complexity index is 1180. The van der Waals surface area contributed by atoms with Crippen LogP contribution in [0.2, 0.25) is 0 Å². The van der Waals surface area contributed by atoms with E-state index in [0.29, 0.717) is 25.8 Å². The smallest absolute Gasteiger partial charge is 0.302 e. The van der Waals surface area contributed by atoms with Crippen molar-refractivity contribution in [2.75, 3.05) is 6.54 Å². The molecule has 1 heterocycles. The van der Waals surface area contributed by atoms with Gasteiger partial charge in [-0.25, -0.2) is 0 Å². The van der Waals surface area contributed by atoms with Gasteiger partial charge in [0, 0.05) is 63.3 Å². The second-order valence-electron chi connectivity index (χ2n) is 16.6. The van der Waals surface area contributed by atoms with Crippen LogP contribution in [-0.4, -0.2) is 48.2 Å². The van der Waals surface area contributed by atoms with Gasteiger partial charge in [0.05, 0.1) is 0 Å². The second kappa shape index (κ2) is 13.2. The summed E-state index contributed by atoms with van der Waals surface area (Å²) in [5.41, 5.74) is -0.387. The second-order valence-corrected chi connectivity index (χ2v) is 16.6. The van der Waals surface area contributed by atoms with Gasteiger partial charge < -0.3 is 14.8 Å². The molecule has 5 saturated carbocycles. The van der Waals surface area contributed by atoms with Gasteiger partial charge >= 0.3 is 11.9 Å². The van der Waals surface area contributed by atoms with Gasteiger partial charge in [-0.2, -0.15) is 19.6 Å². The van der Waals surface area contributed by atoms with Gasteiger partial charge in [-0.3, -0.25) is 14.4 Å². The monoisotopic (exact) mass is 661 g/mol. The number of esters is 2. The van der Waals surface area contributed by atoms with Crippen molar-refractivity contribution in [2.45, 2.75) is 156 Å². The maximum atomic E-state index is 12.7. The minimum Gasteiger partial charge on any atom is -0.462 e. The number of hydrogen-bond acceptors (Lipinski definition) is 9. The molecule has 1 amide bonds. The molecule has 1 saturated heterocycles. The van der Waals surface area contributed by atoms with Crippen LogP contribution in [0.1, 0.15) is 132 Å². The Morgan fingerprint density at radius 2 is 1.62 bits per heavy atom. The molecule has 10 nitrogen and oxygen atoms in total. The van der Waals surface area contributed by atoms with Crippen molar-refractivity contribution in [3.63, 3.8) is 0 Å². The largest absolute Gasteiger partial charge is 0.462 e. The van der Waals surface area contributed by atoms with Gasteiger partial charge in [-0.05, 0) is 93.3 Å². The summed E-state index contributed by atoms with van der Waals surface area (Å²) in [7, 11) is 0. The first kappa shape index (κ1) is 35.1. The summed E-state index contributed by atoms with van der Waals surface area (Å²) in [5, 5.41) is 2.93. The minimum atomic E-state index is -1.00. The van der Waals surface area contributed by atoms with Crippen molar-refractivity contribution < 1.29 is 43.4 Å². The van der Waals surface area contributed by atoms with Gasteiger partial charge in [-0.1, -0.05) is 34.1 Å². The van der Waals surface area contributed by atoms with Crippen molar-refractivity contribution in [1.29, 1.82) is 0 Å². The van der Waals surface area contributed by atoms with E-state index in [1.54, 1.807) is 0 Å². The third-order valence-corrected chi connectivity index (χ3v) is 14.2. The number of rotatable bonds is 7. The van der Waals surface area contributed by atoms with Crippen LogP contribution in [0.25, 0.3) is 0 Å². The van der Waals surface area contributed by atoms with Crippen molar-refractivity contribution in [1.82, 2.24) is 5.32 Å². The molecule has 1 N–H and O–H groups in total. The lowest BCUT2D eigenvalue weighted by Gasteiger charge is -2.65. The third-order valence-electron chi connectivity index (χ3n) is 14.2. The van der Waals surface area contributed by atoms with E-state index >= 15 is 0 Å². The Labute approximate surface area is 280 Å². The quantitative estimate of drug-likeness (QED) is 0.232. The number of carbonyl (C=O) groups is 3. The Morgan fingerprint density at radius 1 is 0.894 bits per heavy atom. The normalized spacial score (nSPS) is 46.5. The molecule has 2 spiro atoms. The molecule has 10 heteroatoms. The predicted octanol–water partition coefficient (Wildman–Crippen LogP) is 6.79. The highest BCUT2D eigenvalue weighted by Gasteiger charge is 2.69. The molecule has 11 atom stereocenters. The van der Waals surface area contributed by atoms with Crippen LogP contribution in [0.4, 0.5) is 0 Å². The van der Waals surface area contributed by atoms with E-state index in [2.05, 4.69) is 33.0 Å². The first-order valence-electron chi connectivity index (χ1n) is 18.6. The third kappa shape index (κ3) is 6.16. The van der Waals surface area contributed by atoms with E-state index in [0.717, 1.165) is 64.2 Å². The lowest BCUT2D eigenvalue weighted by atomic mass is 9.42. The van der Waals surface area contributed by atoms with E-state index in [1.807, 2.05) is 6.92 Å². The Hall–Kier alpha value is -1.75. The zero-order chi connectivity index (χ0) is 33.8. The van der Waals surface area contributed by atoms with Crippen LogP contribution >= 0.6 is 0 Å². The highest BCUT2D eigenvalue weighted by molar-refractivity contribution is 5.75. The van der Waals surface area contributed by atoms with Gasteiger partial charge in [0.15, 0.2) is 0 Å². The number of fused-ring (bicyclic) bond motifs is 5. The van der Waals surface area contributed by atoms with Crippen LogP contribution in [0.15, 0.2) is 0 Å². The van der Waals surface area contributed by atoms with Gasteiger partial charge in [0.25, 0.3) is 0 Å². The van der Waals surface area contributed by atoms with Gasteiger partial charge in [0.1, 0.15) is 12.2 Å². The molecule has 47 heavy (non-hydrogen) atoms. The predicted molar refractivity (Wildman–Crippen MR) is 172 cm³/mol. The topological polar surface area (TPSA) is 119 Å². The van der Waals surface area contributed by atoms with E-state index in [9.17, 15) is 14.4 Å². The number of nitrogens with one attached hydrogen (secondary N) is 1. The summed E-state index contributed by atoms with van der Waals surface area (Å²) in [4.78, 5) is 62.4. The molecule has 0 bridgehead atoms. The van der Waals surface area contributed by atoms with Gasteiger partial charge in [-0.15, -0.1) is 0 Å². The van der Waals surface area contributed by atoms with Crippen LogP contribution in [0.5, 0.6) is 0 Å². The minimum absolute atomic E-state index is 0.0840. The van der Waals surface area contributed by atoms with Crippen LogP contribution < -0.4 is 5.32 Å². The Morgan fingerprint density at radius 3 is 2.28 bits per heavy atom. The molecule has 1 aliphatic heterocycles. The molecule has 266 valence electrons. The lowest BCUT2D eigenvalue weighted by Crippen LogP contribution is -2.65. The van der Waals surface area contributed by atoms with Crippen LogP contribution in [-0.2, 0) is 43.4 Å². The summed E-state index contributed by atoms with van der Waals surface area (Å²) < 4.78 is 12.6. The van der Waals surface area contributed by atoms with E-state index in [4.69, 9.17) is 29.0 Å². The summed E-state index contributed by atoms with van der Waals surface area (Å²) in [6.07, 6.45) is 10.2. The maximum Gasteiger partial charge on any atom is 0.302 e. The van der Waals surface area contributed by atoms with Gasteiger partial charge in [0.2, 0.25) is 17.5 Å². The zero-order valence-corrected chi connectivity index (χ0v) is 29.8. The fourth-order valence-corrected chi connectivity index (χ4v) is 11.6. The summed E-state index contributed by atoms with van der Waals surface area (Å²) >= 11 is 0. The van der Waals surface area contributed by atoms with Crippen molar-refractivity contribution in [3.8, 4) is 0 Å². The fraction of sp³-hybridized carbons (Fsp3) is 0.919. The lowest BCUT2D eigenvalue weighted by molar-refractivity contribution is -0.671. The Balaban J connectivity index is 1.27. The molecule has 0 aromatic carbocycles. The standard InChI is InChI=1S/C37H59NO9/c1-8-38-32(41)15-12-22(2)27-13-14-28-33-29(20-31(35(27,28)7)43-25(5)40)34(6)17-18-36(21-26(34)19-30(33)42-24(4)39)44-46-37(47-45-36)16-10-9-11-23(37)3/h22-23,26-31,33H,8-21H2,1-7H3,(H,38,41)/t22?,23?,26-,27-,28?,29?,30-,31+,33?,34+,35-,36?,37?/m1/s1. The first-order chi connectivity index (χ1) is 22.3. The summed E-state index contributed by atoms with van der Waals surface area (Å²) in [6, 6.07) is 0. The van der Waals surface area contributed by atoms with Crippen LogP contribution in [0, 0.1) is 52.3 Å². The summed E-state index contributed by atoms with van der Waals surface area (Å²) in [6.45, 7) is 14.7. The molecule has 0 aromatic heterocycles. The van der Waals surface area contributed by atoms with E-state index in [1.165, 1.54) is 13.8 Å². The highest BCUT2D eigenvalue weighted by Crippen LogP contribution is 2.70. The van der Waals surface area contributed by atoms with E-state index in [-0.39, 0.29) is 82.3 Å². The highest BCUT2D eigenvalue weighted by atomic mass is 17.4. The van der Waals surface area contributed by atoms with Crippen molar-refractivity contribution in [2.24, 2.45) is 52.3 Å². The first-order valence-corrected chi connectivity index (χ1v) is 18.6. The SMILES string of the molecule is CCNC(=O)CCC(C)[C@H]1CCC2C3C(C[C@H](OC(C)=O)[C@@]21C)[C@@]1(C)CCC2(C[C@H]1C[C@H]3OC(C)=O)OOC1(CCCCC1C)OO2. The summed E-state index contributed by atoms with van der Waals surface area (Å²) in [5.74, 6) is -0.859. The Kier molecular flexibility index (Phi) is 9.84.